The molecule has 0 bridgehead atoms. The lowest BCUT2D eigenvalue weighted by Gasteiger charge is -2.26. The zero-order valence-electron chi connectivity index (χ0n) is 15.2. The number of amides is 2. The number of carbonyl (C=O) groups excluding carboxylic acids is 2. The Labute approximate surface area is 164 Å². The number of nitrogens with zero attached hydrogens (tertiary/aromatic N) is 1. The number of nitrogens with one attached hydrogen (secondary N) is 1. The fourth-order valence-electron chi connectivity index (χ4n) is 2.99. The van der Waals surface area contributed by atoms with Gasteiger partial charge >= 0.3 is 0 Å². The van der Waals surface area contributed by atoms with E-state index in [0.29, 0.717) is 32.1 Å². The summed E-state index contributed by atoms with van der Waals surface area (Å²) in [6.45, 7) is 2.45. The van der Waals surface area contributed by atoms with Crippen molar-refractivity contribution in [3.8, 4) is 0 Å². The van der Waals surface area contributed by atoms with Crippen molar-refractivity contribution in [3.05, 3.63) is 71.8 Å². The van der Waals surface area contributed by atoms with E-state index in [9.17, 15) is 9.59 Å². The highest BCUT2D eigenvalue weighted by molar-refractivity contribution is 8.00. The maximum atomic E-state index is 12.5. The minimum absolute atomic E-state index is 0.0683. The van der Waals surface area contributed by atoms with Crippen LogP contribution in [0.15, 0.2) is 60.7 Å². The molecule has 1 N–H and O–H groups in total. The summed E-state index contributed by atoms with van der Waals surface area (Å²) < 4.78 is 5.26. The molecule has 1 saturated heterocycles. The summed E-state index contributed by atoms with van der Waals surface area (Å²) in [6, 6.07) is 19.6. The van der Waals surface area contributed by atoms with Gasteiger partial charge < -0.3 is 15.0 Å². The molecule has 142 valence electrons. The first-order valence-corrected chi connectivity index (χ1v) is 10.2. The molecule has 3 rings (SSSR count). The van der Waals surface area contributed by atoms with Crippen molar-refractivity contribution in [2.75, 3.05) is 37.8 Å². The van der Waals surface area contributed by atoms with E-state index in [1.807, 2.05) is 60.7 Å². The van der Waals surface area contributed by atoms with E-state index in [4.69, 9.17) is 4.74 Å². The number of carbonyl (C=O) groups is 2. The topological polar surface area (TPSA) is 58.6 Å². The molecule has 0 radical (unpaired) electrons. The van der Waals surface area contributed by atoms with E-state index in [2.05, 4.69) is 5.32 Å². The summed E-state index contributed by atoms with van der Waals surface area (Å²) in [5, 5.41) is 3.10. The highest BCUT2D eigenvalue weighted by Gasteiger charge is 2.19. The fourth-order valence-corrected chi connectivity index (χ4v) is 3.72. The molecule has 1 aliphatic heterocycles. The van der Waals surface area contributed by atoms with Crippen molar-refractivity contribution >= 4 is 23.6 Å². The number of hydrogen-bond acceptors (Lipinski definition) is 4. The summed E-state index contributed by atoms with van der Waals surface area (Å²) in [5.74, 6) is 0.562. The summed E-state index contributed by atoms with van der Waals surface area (Å²) in [7, 11) is 0. The molecule has 0 spiro atoms. The number of rotatable bonds is 7. The van der Waals surface area contributed by atoms with E-state index >= 15 is 0 Å². The standard InChI is InChI=1S/C21H24N2O3S/c24-19(15-27-16-20(25)23-11-13-26-14-12-23)22-21(17-7-3-1-4-8-17)18-9-5-2-6-10-18/h1-10,21H,11-16H2,(H,22,24). The van der Waals surface area contributed by atoms with Gasteiger partial charge in [-0.15, -0.1) is 11.8 Å². The van der Waals surface area contributed by atoms with E-state index in [-0.39, 0.29) is 23.6 Å². The van der Waals surface area contributed by atoms with Gasteiger partial charge in [0.15, 0.2) is 0 Å². The Morgan fingerprint density at radius 2 is 1.48 bits per heavy atom. The minimum Gasteiger partial charge on any atom is -0.378 e. The molecular formula is C21H24N2O3S. The maximum Gasteiger partial charge on any atom is 0.232 e. The SMILES string of the molecule is O=C(CSCC(=O)N1CCOCC1)NC(c1ccccc1)c1ccccc1. The molecule has 5 nitrogen and oxygen atoms in total. The molecule has 0 atom stereocenters. The lowest BCUT2D eigenvalue weighted by atomic mass is 9.99. The molecule has 0 aliphatic carbocycles. The van der Waals surface area contributed by atoms with Gasteiger partial charge in [-0.25, -0.2) is 0 Å². The molecule has 2 amide bonds. The first-order chi connectivity index (χ1) is 13.2. The third-order valence-electron chi connectivity index (χ3n) is 4.39. The lowest BCUT2D eigenvalue weighted by molar-refractivity contribution is -0.132. The van der Waals surface area contributed by atoms with Gasteiger partial charge in [0.25, 0.3) is 0 Å². The van der Waals surface area contributed by atoms with Gasteiger partial charge in [0, 0.05) is 13.1 Å². The highest BCUT2D eigenvalue weighted by atomic mass is 32.2. The molecule has 27 heavy (non-hydrogen) atoms. The Morgan fingerprint density at radius 1 is 0.926 bits per heavy atom. The largest absolute Gasteiger partial charge is 0.378 e. The fraction of sp³-hybridized carbons (Fsp3) is 0.333. The van der Waals surface area contributed by atoms with Gasteiger partial charge in [-0.05, 0) is 11.1 Å². The summed E-state index contributed by atoms with van der Waals surface area (Å²) in [4.78, 5) is 26.4. The molecule has 2 aromatic rings. The number of benzene rings is 2. The number of morpholine rings is 1. The van der Waals surface area contributed by atoms with Crippen LogP contribution in [0.5, 0.6) is 0 Å². The van der Waals surface area contributed by atoms with Crippen molar-refractivity contribution < 1.29 is 14.3 Å². The number of hydrogen-bond donors (Lipinski definition) is 1. The van der Waals surface area contributed by atoms with Crippen molar-refractivity contribution in [1.82, 2.24) is 10.2 Å². The first kappa shape index (κ1) is 19.5. The summed E-state index contributed by atoms with van der Waals surface area (Å²) in [6.07, 6.45) is 0. The van der Waals surface area contributed by atoms with Crippen LogP contribution in [0, 0.1) is 0 Å². The Bertz CT molecular complexity index is 694. The number of thioether (sulfide) groups is 1. The zero-order valence-corrected chi connectivity index (χ0v) is 16.0. The van der Waals surface area contributed by atoms with Gasteiger partial charge in [0.2, 0.25) is 11.8 Å². The van der Waals surface area contributed by atoms with Crippen LogP contribution in [0.4, 0.5) is 0 Å². The predicted octanol–water partition coefficient (Wildman–Crippen LogP) is 2.48. The summed E-state index contributed by atoms with van der Waals surface area (Å²) >= 11 is 1.35. The van der Waals surface area contributed by atoms with Crippen molar-refractivity contribution in [2.45, 2.75) is 6.04 Å². The smallest absolute Gasteiger partial charge is 0.232 e. The van der Waals surface area contributed by atoms with Crippen LogP contribution in [0.1, 0.15) is 17.2 Å². The molecule has 0 unspecified atom stereocenters. The van der Waals surface area contributed by atoms with E-state index in [0.717, 1.165) is 11.1 Å². The molecule has 1 aliphatic rings. The molecule has 6 heteroatoms. The third kappa shape index (κ3) is 5.84. The number of ether oxygens (including phenoxy) is 1. The first-order valence-electron chi connectivity index (χ1n) is 9.06. The molecule has 2 aromatic carbocycles. The zero-order chi connectivity index (χ0) is 18.9. The van der Waals surface area contributed by atoms with E-state index < -0.39 is 0 Å². The Balaban J connectivity index is 1.54. The molecule has 1 heterocycles. The maximum absolute atomic E-state index is 12.5. The van der Waals surface area contributed by atoms with Gasteiger partial charge in [-0.3, -0.25) is 9.59 Å². The third-order valence-corrected chi connectivity index (χ3v) is 5.31. The molecule has 0 saturated carbocycles. The molecule has 0 aromatic heterocycles. The second kappa shape index (κ2) is 10.1. The van der Waals surface area contributed by atoms with Crippen molar-refractivity contribution in [1.29, 1.82) is 0 Å². The molecule has 1 fully saturated rings. The van der Waals surface area contributed by atoms with Crippen LogP contribution in [-0.4, -0.2) is 54.5 Å². The normalized spacial score (nSPS) is 14.2. The van der Waals surface area contributed by atoms with Gasteiger partial charge in [-0.2, -0.15) is 0 Å². The Kier molecular flexibility index (Phi) is 7.30. The average molecular weight is 385 g/mol. The second-order valence-electron chi connectivity index (χ2n) is 6.31. The van der Waals surface area contributed by atoms with Crippen LogP contribution in [0.2, 0.25) is 0 Å². The minimum atomic E-state index is -0.199. The Hall–Kier alpha value is -2.31. The van der Waals surface area contributed by atoms with Crippen LogP contribution in [-0.2, 0) is 14.3 Å². The van der Waals surface area contributed by atoms with Crippen LogP contribution in [0.3, 0.4) is 0 Å². The van der Waals surface area contributed by atoms with Crippen molar-refractivity contribution in [3.63, 3.8) is 0 Å². The summed E-state index contributed by atoms with van der Waals surface area (Å²) in [5.41, 5.74) is 2.07. The van der Waals surface area contributed by atoms with Crippen LogP contribution in [0.25, 0.3) is 0 Å². The monoisotopic (exact) mass is 384 g/mol. The van der Waals surface area contributed by atoms with Crippen molar-refractivity contribution in [2.24, 2.45) is 0 Å². The van der Waals surface area contributed by atoms with Crippen LogP contribution >= 0.6 is 11.8 Å². The molecular weight excluding hydrogens is 360 g/mol. The highest BCUT2D eigenvalue weighted by Crippen LogP contribution is 2.22. The van der Waals surface area contributed by atoms with Crippen LogP contribution < -0.4 is 5.32 Å². The van der Waals surface area contributed by atoms with Gasteiger partial charge in [0.05, 0.1) is 30.8 Å². The van der Waals surface area contributed by atoms with Gasteiger partial charge in [-0.1, -0.05) is 60.7 Å². The lowest BCUT2D eigenvalue weighted by Crippen LogP contribution is -2.41. The average Bonchev–Trinajstić information content (AvgIpc) is 2.74. The quantitative estimate of drug-likeness (QED) is 0.797. The Morgan fingerprint density at radius 3 is 2.04 bits per heavy atom. The predicted molar refractivity (Wildman–Crippen MR) is 108 cm³/mol. The van der Waals surface area contributed by atoms with Gasteiger partial charge in [0.1, 0.15) is 0 Å². The second-order valence-corrected chi connectivity index (χ2v) is 7.29. The van der Waals surface area contributed by atoms with E-state index in [1.165, 1.54) is 11.8 Å². The van der Waals surface area contributed by atoms with E-state index in [1.54, 1.807) is 4.90 Å².